The molecule has 0 bridgehead atoms. The lowest BCUT2D eigenvalue weighted by Gasteiger charge is -2.11. The zero-order valence-corrected chi connectivity index (χ0v) is 15.7. The molecule has 0 spiro atoms. The Kier molecular flexibility index (Phi) is 5.83. The molecular formula is C20H19BrN2O3. The lowest BCUT2D eigenvalue weighted by atomic mass is 10.1. The summed E-state index contributed by atoms with van der Waals surface area (Å²) in [5, 5.41) is 5.65. The van der Waals surface area contributed by atoms with Crippen molar-refractivity contribution >= 4 is 39.2 Å². The summed E-state index contributed by atoms with van der Waals surface area (Å²) < 4.78 is 0.896. The molecule has 0 atom stereocenters. The number of para-hydroxylation sites is 1. The second kappa shape index (κ2) is 8.27. The third-order valence-electron chi connectivity index (χ3n) is 4.10. The number of anilines is 1. The normalized spacial score (nSPS) is 13.1. The summed E-state index contributed by atoms with van der Waals surface area (Å²) in [6.07, 6.45) is 2.17. The fraction of sp³-hybridized carbons (Fsp3) is 0.250. The van der Waals surface area contributed by atoms with Crippen molar-refractivity contribution in [2.45, 2.75) is 31.7 Å². The number of halogens is 1. The van der Waals surface area contributed by atoms with Crippen molar-refractivity contribution in [3.8, 4) is 0 Å². The lowest BCUT2D eigenvalue weighted by Crippen LogP contribution is -2.27. The predicted octanol–water partition coefficient (Wildman–Crippen LogP) is 3.94. The van der Waals surface area contributed by atoms with Crippen LogP contribution < -0.4 is 10.6 Å². The molecule has 1 saturated carbocycles. The van der Waals surface area contributed by atoms with Crippen LogP contribution in [0.4, 0.5) is 5.69 Å². The Labute approximate surface area is 160 Å². The Morgan fingerprint density at radius 3 is 2.35 bits per heavy atom. The van der Waals surface area contributed by atoms with E-state index in [4.69, 9.17) is 0 Å². The molecule has 1 fully saturated rings. The highest BCUT2D eigenvalue weighted by Gasteiger charge is 2.25. The minimum absolute atomic E-state index is 0.0630. The number of ketones is 1. The monoisotopic (exact) mass is 414 g/mol. The van der Waals surface area contributed by atoms with Crippen LogP contribution in [0.1, 0.15) is 46.4 Å². The molecule has 0 aliphatic heterocycles. The van der Waals surface area contributed by atoms with E-state index >= 15 is 0 Å². The maximum atomic E-state index is 12.3. The molecule has 134 valence electrons. The van der Waals surface area contributed by atoms with Gasteiger partial charge in [-0.25, -0.2) is 0 Å². The van der Waals surface area contributed by atoms with Gasteiger partial charge in [-0.15, -0.1) is 0 Å². The van der Waals surface area contributed by atoms with Crippen molar-refractivity contribution in [1.29, 1.82) is 0 Å². The van der Waals surface area contributed by atoms with E-state index < -0.39 is 0 Å². The largest absolute Gasteiger partial charge is 0.349 e. The van der Waals surface area contributed by atoms with Crippen LogP contribution >= 0.6 is 15.9 Å². The number of rotatable bonds is 7. The number of hydrogen-bond acceptors (Lipinski definition) is 3. The average Bonchev–Trinajstić information content (AvgIpc) is 3.44. The molecule has 2 N–H and O–H groups in total. The van der Waals surface area contributed by atoms with Gasteiger partial charge in [0, 0.05) is 28.9 Å². The van der Waals surface area contributed by atoms with Crippen LogP contribution in [0.25, 0.3) is 0 Å². The molecule has 6 heteroatoms. The molecule has 0 heterocycles. The Morgan fingerprint density at radius 2 is 1.65 bits per heavy atom. The smallest absolute Gasteiger partial charge is 0.253 e. The quantitative estimate of drug-likeness (QED) is 0.673. The Bertz CT molecular complexity index is 829. The number of carbonyl (C=O) groups is 3. The summed E-state index contributed by atoms with van der Waals surface area (Å²) in [4.78, 5) is 36.6. The SMILES string of the molecule is O=C(CCC(=O)c1ccc(Br)cc1)Nc1ccccc1C(=O)NC1CC1. The van der Waals surface area contributed by atoms with Crippen LogP contribution in [-0.4, -0.2) is 23.6 Å². The molecule has 2 amide bonds. The van der Waals surface area contributed by atoms with Crippen molar-refractivity contribution in [3.63, 3.8) is 0 Å². The molecule has 1 aliphatic carbocycles. The summed E-state index contributed by atoms with van der Waals surface area (Å²) in [6.45, 7) is 0. The second-order valence-corrected chi connectivity index (χ2v) is 7.19. The van der Waals surface area contributed by atoms with E-state index in [1.165, 1.54) is 0 Å². The summed E-state index contributed by atoms with van der Waals surface area (Å²) in [5.74, 6) is -0.566. The van der Waals surface area contributed by atoms with E-state index in [-0.39, 0.29) is 36.5 Å². The van der Waals surface area contributed by atoms with Gasteiger partial charge in [-0.05, 0) is 37.1 Å². The van der Waals surface area contributed by atoms with Gasteiger partial charge in [0.15, 0.2) is 5.78 Å². The van der Waals surface area contributed by atoms with Gasteiger partial charge >= 0.3 is 0 Å². The molecule has 3 rings (SSSR count). The van der Waals surface area contributed by atoms with Gasteiger partial charge in [-0.2, -0.15) is 0 Å². The first kappa shape index (κ1) is 18.3. The van der Waals surface area contributed by atoms with Crippen molar-refractivity contribution < 1.29 is 14.4 Å². The molecule has 0 radical (unpaired) electrons. The maximum absolute atomic E-state index is 12.3. The first-order valence-corrected chi connectivity index (χ1v) is 9.31. The Morgan fingerprint density at radius 1 is 0.962 bits per heavy atom. The standard InChI is InChI=1S/C20H19BrN2O3/c21-14-7-5-13(6-8-14)18(24)11-12-19(25)23-17-4-2-1-3-16(17)20(26)22-15-9-10-15/h1-8,15H,9-12H2,(H,22,26)(H,23,25). The minimum Gasteiger partial charge on any atom is -0.349 e. The van der Waals surface area contributed by atoms with Gasteiger partial charge in [0.05, 0.1) is 11.3 Å². The number of amides is 2. The highest BCUT2D eigenvalue weighted by Crippen LogP contribution is 2.22. The topological polar surface area (TPSA) is 75.3 Å². The van der Waals surface area contributed by atoms with E-state index in [0.717, 1.165) is 17.3 Å². The number of hydrogen-bond donors (Lipinski definition) is 2. The van der Waals surface area contributed by atoms with Gasteiger partial charge < -0.3 is 10.6 Å². The molecule has 0 saturated heterocycles. The van der Waals surface area contributed by atoms with Crippen LogP contribution in [0.2, 0.25) is 0 Å². The highest BCUT2D eigenvalue weighted by atomic mass is 79.9. The van der Waals surface area contributed by atoms with Crippen LogP contribution in [0.3, 0.4) is 0 Å². The highest BCUT2D eigenvalue weighted by molar-refractivity contribution is 9.10. The Balaban J connectivity index is 1.57. The number of Topliss-reactive ketones (excluding diaryl/α,β-unsaturated/α-hetero) is 1. The number of nitrogens with one attached hydrogen (secondary N) is 2. The third-order valence-corrected chi connectivity index (χ3v) is 4.63. The Hall–Kier alpha value is -2.47. The summed E-state index contributed by atoms with van der Waals surface area (Å²) in [7, 11) is 0. The molecule has 2 aromatic carbocycles. The van der Waals surface area contributed by atoms with E-state index in [0.29, 0.717) is 16.8 Å². The van der Waals surface area contributed by atoms with E-state index in [1.807, 2.05) is 0 Å². The van der Waals surface area contributed by atoms with Crippen LogP contribution in [0.15, 0.2) is 53.0 Å². The van der Waals surface area contributed by atoms with Crippen LogP contribution in [0, 0.1) is 0 Å². The van der Waals surface area contributed by atoms with Gasteiger partial charge in [-0.3, -0.25) is 14.4 Å². The lowest BCUT2D eigenvalue weighted by molar-refractivity contribution is -0.116. The van der Waals surface area contributed by atoms with E-state index in [9.17, 15) is 14.4 Å². The zero-order chi connectivity index (χ0) is 18.5. The molecular weight excluding hydrogens is 396 g/mol. The summed E-state index contributed by atoms with van der Waals surface area (Å²) in [5.41, 5.74) is 1.48. The number of carbonyl (C=O) groups excluding carboxylic acids is 3. The van der Waals surface area contributed by atoms with Gasteiger partial charge in [0.1, 0.15) is 0 Å². The second-order valence-electron chi connectivity index (χ2n) is 6.27. The van der Waals surface area contributed by atoms with Crippen LogP contribution in [-0.2, 0) is 4.79 Å². The van der Waals surface area contributed by atoms with Crippen molar-refractivity contribution in [2.24, 2.45) is 0 Å². The van der Waals surface area contributed by atoms with Crippen LogP contribution in [0.5, 0.6) is 0 Å². The third kappa shape index (κ3) is 5.02. The summed E-state index contributed by atoms with van der Waals surface area (Å²) >= 11 is 3.32. The number of benzene rings is 2. The molecule has 0 aromatic heterocycles. The average molecular weight is 415 g/mol. The van der Waals surface area contributed by atoms with Crippen molar-refractivity contribution in [2.75, 3.05) is 5.32 Å². The van der Waals surface area contributed by atoms with Gasteiger partial charge in [0.2, 0.25) is 5.91 Å². The zero-order valence-electron chi connectivity index (χ0n) is 14.1. The van der Waals surface area contributed by atoms with Crippen molar-refractivity contribution in [1.82, 2.24) is 5.32 Å². The molecule has 0 unspecified atom stereocenters. The predicted molar refractivity (Wildman–Crippen MR) is 103 cm³/mol. The maximum Gasteiger partial charge on any atom is 0.253 e. The van der Waals surface area contributed by atoms with Crippen molar-refractivity contribution in [3.05, 3.63) is 64.1 Å². The molecule has 2 aromatic rings. The summed E-state index contributed by atoms with van der Waals surface area (Å²) in [6, 6.07) is 14.2. The minimum atomic E-state index is -0.290. The van der Waals surface area contributed by atoms with E-state index in [2.05, 4.69) is 26.6 Å². The molecule has 26 heavy (non-hydrogen) atoms. The first-order chi connectivity index (χ1) is 12.5. The molecule has 1 aliphatic rings. The molecule has 5 nitrogen and oxygen atoms in total. The first-order valence-electron chi connectivity index (χ1n) is 8.51. The van der Waals surface area contributed by atoms with Gasteiger partial charge in [-0.1, -0.05) is 40.2 Å². The van der Waals surface area contributed by atoms with E-state index in [1.54, 1.807) is 48.5 Å². The fourth-order valence-corrected chi connectivity index (χ4v) is 2.77. The van der Waals surface area contributed by atoms with Gasteiger partial charge in [0.25, 0.3) is 5.91 Å². The fourth-order valence-electron chi connectivity index (χ4n) is 2.50.